The Morgan fingerprint density at radius 2 is 2.28 bits per heavy atom. The first-order valence-electron chi connectivity index (χ1n) is 5.73. The van der Waals surface area contributed by atoms with Gasteiger partial charge in [0.05, 0.1) is 22.7 Å². The van der Waals surface area contributed by atoms with Crippen molar-refractivity contribution in [2.75, 3.05) is 13.6 Å². The first kappa shape index (κ1) is 12.7. The summed E-state index contributed by atoms with van der Waals surface area (Å²) in [6, 6.07) is 6.07. The molecule has 0 aliphatic heterocycles. The molecule has 94 valence electrons. The minimum absolute atomic E-state index is 0.0335. The number of hydrogen-bond acceptors (Lipinski definition) is 3. The van der Waals surface area contributed by atoms with Crippen LogP contribution in [0.2, 0.25) is 0 Å². The van der Waals surface area contributed by atoms with Gasteiger partial charge < -0.3 is 9.47 Å². The van der Waals surface area contributed by atoms with E-state index < -0.39 is 0 Å². The van der Waals surface area contributed by atoms with Gasteiger partial charge in [0.2, 0.25) is 0 Å². The van der Waals surface area contributed by atoms with Crippen LogP contribution in [0.5, 0.6) is 0 Å². The normalized spacial score (nSPS) is 10.6. The average molecular weight is 261 g/mol. The van der Waals surface area contributed by atoms with Crippen molar-refractivity contribution >= 4 is 27.5 Å². The summed E-state index contributed by atoms with van der Waals surface area (Å²) in [5.74, 6) is -0.0335. The predicted octanol–water partition coefficient (Wildman–Crippen LogP) is 2.53. The number of nitrogens with zero attached hydrogens (tertiary/aromatic N) is 3. The summed E-state index contributed by atoms with van der Waals surface area (Å²) in [7, 11) is 3.63. The van der Waals surface area contributed by atoms with Crippen molar-refractivity contribution in [3.8, 4) is 6.07 Å². The predicted molar refractivity (Wildman–Crippen MR) is 72.7 cm³/mol. The Bertz CT molecular complexity index is 632. The molecule has 0 N–H and O–H groups in total. The summed E-state index contributed by atoms with van der Waals surface area (Å²) in [5, 5.41) is 8.54. The third kappa shape index (κ3) is 2.12. The van der Waals surface area contributed by atoms with Gasteiger partial charge >= 0.3 is 0 Å². The summed E-state index contributed by atoms with van der Waals surface area (Å²) in [6.07, 6.45) is 0.361. The molecule has 2 heterocycles. The third-order valence-corrected chi connectivity index (χ3v) is 3.97. The molecule has 5 heteroatoms. The van der Waals surface area contributed by atoms with E-state index in [-0.39, 0.29) is 5.91 Å². The van der Waals surface area contributed by atoms with Gasteiger partial charge in [-0.05, 0) is 19.1 Å². The zero-order valence-electron chi connectivity index (χ0n) is 10.7. The Balaban J connectivity index is 2.31. The van der Waals surface area contributed by atoms with E-state index in [0.717, 1.165) is 10.2 Å². The highest BCUT2D eigenvalue weighted by atomic mass is 32.1. The Labute approximate surface area is 110 Å². The van der Waals surface area contributed by atoms with Crippen molar-refractivity contribution in [3.05, 3.63) is 22.7 Å². The number of carbonyl (C=O) groups is 1. The lowest BCUT2D eigenvalue weighted by Crippen LogP contribution is -2.29. The van der Waals surface area contributed by atoms with E-state index in [2.05, 4.69) is 13.0 Å². The maximum Gasteiger partial charge on any atom is 0.270 e. The lowest BCUT2D eigenvalue weighted by Gasteiger charge is -2.15. The standard InChI is InChI=1S/C13H15N3OS/c1-9-7-10-12(18-9)8-11(16(10)3)13(17)15(2)6-4-5-14/h7-8H,4,6H2,1-3H3. The van der Waals surface area contributed by atoms with Crippen LogP contribution in [0, 0.1) is 18.3 Å². The van der Waals surface area contributed by atoms with E-state index in [1.807, 2.05) is 23.8 Å². The topological polar surface area (TPSA) is 49.0 Å². The number of thiophene rings is 1. The van der Waals surface area contributed by atoms with E-state index >= 15 is 0 Å². The Morgan fingerprint density at radius 3 is 2.89 bits per heavy atom. The van der Waals surface area contributed by atoms with Gasteiger partial charge in [0.1, 0.15) is 5.69 Å². The molecule has 2 rings (SSSR count). The molecule has 0 saturated heterocycles. The summed E-state index contributed by atoms with van der Waals surface area (Å²) < 4.78 is 3.05. The van der Waals surface area contributed by atoms with Crippen LogP contribution in [0.4, 0.5) is 0 Å². The first-order chi connectivity index (χ1) is 8.54. The first-order valence-corrected chi connectivity index (χ1v) is 6.54. The van der Waals surface area contributed by atoms with Crippen molar-refractivity contribution in [1.29, 1.82) is 5.26 Å². The third-order valence-electron chi connectivity index (χ3n) is 2.98. The summed E-state index contributed by atoms with van der Waals surface area (Å²) in [5.41, 5.74) is 1.77. The molecule has 1 amide bonds. The Kier molecular flexibility index (Phi) is 3.39. The fourth-order valence-electron chi connectivity index (χ4n) is 1.96. The molecule has 0 bridgehead atoms. The molecule has 0 saturated carbocycles. The molecule has 0 radical (unpaired) electrons. The molecule has 0 aliphatic rings. The summed E-state index contributed by atoms with van der Waals surface area (Å²) >= 11 is 1.69. The van der Waals surface area contributed by atoms with Crippen LogP contribution < -0.4 is 0 Å². The molecule has 0 atom stereocenters. The molecular formula is C13H15N3OS. The number of fused-ring (bicyclic) bond motifs is 1. The SMILES string of the molecule is Cc1cc2c(cc(C(=O)N(C)CCC#N)n2C)s1. The van der Waals surface area contributed by atoms with E-state index in [0.29, 0.717) is 18.7 Å². The Morgan fingerprint density at radius 1 is 1.56 bits per heavy atom. The summed E-state index contributed by atoms with van der Waals surface area (Å²) in [4.78, 5) is 15.1. The number of nitriles is 1. The van der Waals surface area contributed by atoms with Crippen molar-refractivity contribution < 1.29 is 4.79 Å². The second-order valence-electron chi connectivity index (χ2n) is 4.33. The maximum absolute atomic E-state index is 12.2. The average Bonchev–Trinajstić information content (AvgIpc) is 2.84. The molecule has 0 aromatic carbocycles. The number of amides is 1. The van der Waals surface area contributed by atoms with Crippen LogP contribution in [0.1, 0.15) is 21.8 Å². The highest BCUT2D eigenvalue weighted by Gasteiger charge is 2.18. The zero-order valence-corrected chi connectivity index (χ0v) is 11.5. The lowest BCUT2D eigenvalue weighted by molar-refractivity contribution is 0.0789. The van der Waals surface area contributed by atoms with Gasteiger partial charge in [-0.25, -0.2) is 0 Å². The van der Waals surface area contributed by atoms with Crippen molar-refractivity contribution in [2.45, 2.75) is 13.3 Å². The second-order valence-corrected chi connectivity index (χ2v) is 5.62. The molecule has 4 nitrogen and oxygen atoms in total. The molecular weight excluding hydrogens is 246 g/mol. The second kappa shape index (κ2) is 4.83. The fraction of sp³-hybridized carbons (Fsp3) is 0.385. The Hall–Kier alpha value is -1.80. The van der Waals surface area contributed by atoms with E-state index in [1.165, 1.54) is 4.88 Å². The van der Waals surface area contributed by atoms with Crippen LogP contribution in [0.15, 0.2) is 12.1 Å². The van der Waals surface area contributed by atoms with Gasteiger partial charge in [-0.15, -0.1) is 11.3 Å². The molecule has 0 aliphatic carbocycles. The zero-order chi connectivity index (χ0) is 13.3. The fourth-order valence-corrected chi connectivity index (χ4v) is 2.94. The monoisotopic (exact) mass is 261 g/mol. The molecule has 0 unspecified atom stereocenters. The molecule has 18 heavy (non-hydrogen) atoms. The van der Waals surface area contributed by atoms with Crippen molar-refractivity contribution in [2.24, 2.45) is 7.05 Å². The number of rotatable bonds is 3. The number of carbonyl (C=O) groups excluding carboxylic acids is 1. The van der Waals surface area contributed by atoms with E-state index in [9.17, 15) is 4.79 Å². The molecule has 0 fully saturated rings. The number of hydrogen-bond donors (Lipinski definition) is 0. The van der Waals surface area contributed by atoms with Crippen LogP contribution in [0.3, 0.4) is 0 Å². The molecule has 0 spiro atoms. The van der Waals surface area contributed by atoms with Crippen LogP contribution in [-0.4, -0.2) is 29.0 Å². The van der Waals surface area contributed by atoms with Gasteiger partial charge in [0, 0.05) is 25.5 Å². The van der Waals surface area contributed by atoms with Gasteiger partial charge in [0.25, 0.3) is 5.91 Å². The van der Waals surface area contributed by atoms with Gasteiger partial charge in [0.15, 0.2) is 0 Å². The highest BCUT2D eigenvalue weighted by molar-refractivity contribution is 7.19. The smallest absolute Gasteiger partial charge is 0.270 e. The van der Waals surface area contributed by atoms with Crippen LogP contribution in [0.25, 0.3) is 10.2 Å². The van der Waals surface area contributed by atoms with Crippen LogP contribution in [-0.2, 0) is 7.05 Å². The van der Waals surface area contributed by atoms with Crippen molar-refractivity contribution in [3.63, 3.8) is 0 Å². The largest absolute Gasteiger partial charge is 0.339 e. The highest BCUT2D eigenvalue weighted by Crippen LogP contribution is 2.28. The van der Waals surface area contributed by atoms with Gasteiger partial charge in [-0.1, -0.05) is 0 Å². The van der Waals surface area contributed by atoms with E-state index in [4.69, 9.17) is 5.26 Å². The quantitative estimate of drug-likeness (QED) is 0.852. The number of aromatic nitrogens is 1. The van der Waals surface area contributed by atoms with Gasteiger partial charge in [-0.3, -0.25) is 4.79 Å². The number of aryl methyl sites for hydroxylation is 2. The van der Waals surface area contributed by atoms with Crippen LogP contribution >= 0.6 is 11.3 Å². The lowest BCUT2D eigenvalue weighted by atomic mass is 10.3. The minimum Gasteiger partial charge on any atom is -0.339 e. The van der Waals surface area contributed by atoms with Crippen molar-refractivity contribution in [1.82, 2.24) is 9.47 Å². The molecule has 2 aromatic rings. The minimum atomic E-state index is -0.0335. The van der Waals surface area contributed by atoms with E-state index in [1.54, 1.807) is 23.3 Å². The maximum atomic E-state index is 12.2. The molecule has 2 aromatic heterocycles. The summed E-state index contributed by atoms with van der Waals surface area (Å²) in [6.45, 7) is 2.53. The van der Waals surface area contributed by atoms with Gasteiger partial charge in [-0.2, -0.15) is 5.26 Å².